The molecule has 2 aromatic heterocycles. The van der Waals surface area contributed by atoms with Crippen molar-refractivity contribution in [2.45, 2.75) is 26.7 Å². The van der Waals surface area contributed by atoms with Crippen LogP contribution in [0.2, 0.25) is 0 Å². The van der Waals surface area contributed by atoms with Gasteiger partial charge in [-0.3, -0.25) is 9.78 Å². The van der Waals surface area contributed by atoms with E-state index in [0.717, 1.165) is 18.4 Å². The number of rotatable bonds is 5. The first kappa shape index (κ1) is 12.5. The number of aromatic nitrogens is 3. The molecule has 0 aliphatic rings. The number of carbonyl (C=O) groups excluding carboxylic acids is 1. The van der Waals surface area contributed by atoms with Gasteiger partial charge in [0.25, 0.3) is 5.91 Å². The van der Waals surface area contributed by atoms with Crippen molar-refractivity contribution < 1.29 is 4.79 Å². The maximum absolute atomic E-state index is 12.1. The molecule has 0 atom stereocenters. The molecule has 0 unspecified atom stereocenters. The fourth-order valence-electron chi connectivity index (χ4n) is 1.92. The van der Waals surface area contributed by atoms with E-state index in [2.05, 4.69) is 29.2 Å². The highest BCUT2D eigenvalue weighted by atomic mass is 16.1. The predicted molar refractivity (Wildman–Crippen MR) is 69.4 cm³/mol. The van der Waals surface area contributed by atoms with Gasteiger partial charge in [0.05, 0.1) is 23.5 Å². The summed E-state index contributed by atoms with van der Waals surface area (Å²) in [4.78, 5) is 16.1. The van der Waals surface area contributed by atoms with Gasteiger partial charge in [-0.1, -0.05) is 26.7 Å². The molecule has 0 saturated carbocycles. The van der Waals surface area contributed by atoms with Crippen molar-refractivity contribution in [1.82, 2.24) is 19.9 Å². The Hall–Kier alpha value is -1.91. The van der Waals surface area contributed by atoms with Gasteiger partial charge in [0.2, 0.25) is 0 Å². The van der Waals surface area contributed by atoms with E-state index in [-0.39, 0.29) is 5.91 Å². The van der Waals surface area contributed by atoms with Crippen molar-refractivity contribution in [3.05, 3.63) is 30.4 Å². The Balaban J connectivity index is 2.09. The minimum atomic E-state index is -0.0788. The Morgan fingerprint density at radius 2 is 2.17 bits per heavy atom. The highest BCUT2D eigenvalue weighted by Gasteiger charge is 2.13. The maximum atomic E-state index is 12.1. The van der Waals surface area contributed by atoms with Crippen molar-refractivity contribution >= 4 is 11.4 Å². The van der Waals surface area contributed by atoms with Crippen LogP contribution in [0.3, 0.4) is 0 Å². The Morgan fingerprint density at radius 1 is 1.39 bits per heavy atom. The molecule has 2 aromatic rings. The molecule has 1 N–H and O–H groups in total. The fraction of sp³-hybridized carbons (Fsp3) is 0.462. The molecule has 5 heteroatoms. The second-order valence-corrected chi connectivity index (χ2v) is 4.36. The van der Waals surface area contributed by atoms with Crippen LogP contribution in [-0.2, 0) is 0 Å². The highest BCUT2D eigenvalue weighted by molar-refractivity contribution is 6.00. The second kappa shape index (κ2) is 5.62. The van der Waals surface area contributed by atoms with E-state index in [0.29, 0.717) is 18.0 Å². The molecule has 2 heterocycles. The van der Waals surface area contributed by atoms with E-state index in [9.17, 15) is 4.79 Å². The van der Waals surface area contributed by atoms with Crippen LogP contribution in [0.15, 0.2) is 24.8 Å². The van der Waals surface area contributed by atoms with Crippen molar-refractivity contribution in [2.75, 3.05) is 6.54 Å². The Morgan fingerprint density at radius 3 is 2.89 bits per heavy atom. The Bertz CT molecular complexity index is 531. The summed E-state index contributed by atoms with van der Waals surface area (Å²) in [6.45, 7) is 4.99. The van der Waals surface area contributed by atoms with Crippen LogP contribution >= 0.6 is 0 Å². The first-order chi connectivity index (χ1) is 8.76. The fourth-order valence-corrected chi connectivity index (χ4v) is 1.92. The molecule has 2 rings (SSSR count). The van der Waals surface area contributed by atoms with Crippen LogP contribution in [-0.4, -0.2) is 27.0 Å². The standard InChI is InChI=1S/C13H18N4O/c1-3-10(4-2)7-15-13(18)11-8-16-17-6-5-14-9-12(11)17/h5-6,8-10H,3-4,7H2,1-2H3,(H,15,18). The van der Waals surface area contributed by atoms with E-state index < -0.39 is 0 Å². The molecule has 0 aliphatic carbocycles. The molecule has 96 valence electrons. The molecule has 0 aromatic carbocycles. The number of hydrogen-bond donors (Lipinski definition) is 1. The minimum Gasteiger partial charge on any atom is -0.352 e. The zero-order chi connectivity index (χ0) is 13.0. The summed E-state index contributed by atoms with van der Waals surface area (Å²) in [5.41, 5.74) is 1.31. The van der Waals surface area contributed by atoms with E-state index in [1.54, 1.807) is 29.3 Å². The number of amides is 1. The molecular formula is C13H18N4O. The second-order valence-electron chi connectivity index (χ2n) is 4.36. The van der Waals surface area contributed by atoms with E-state index in [1.807, 2.05) is 0 Å². The predicted octanol–water partition coefficient (Wildman–Crippen LogP) is 1.90. The van der Waals surface area contributed by atoms with E-state index in [1.165, 1.54) is 0 Å². The van der Waals surface area contributed by atoms with Gasteiger partial charge < -0.3 is 5.32 Å². The SMILES string of the molecule is CCC(CC)CNC(=O)c1cnn2ccncc12. The van der Waals surface area contributed by atoms with Crippen molar-refractivity contribution in [3.63, 3.8) is 0 Å². The van der Waals surface area contributed by atoms with Gasteiger partial charge in [-0.05, 0) is 5.92 Å². The quantitative estimate of drug-likeness (QED) is 0.876. The van der Waals surface area contributed by atoms with Gasteiger partial charge in [0.1, 0.15) is 0 Å². The minimum absolute atomic E-state index is 0.0788. The molecule has 5 nitrogen and oxygen atoms in total. The Labute approximate surface area is 106 Å². The number of fused-ring (bicyclic) bond motifs is 1. The summed E-state index contributed by atoms with van der Waals surface area (Å²) in [6, 6.07) is 0. The van der Waals surface area contributed by atoms with Crippen LogP contribution in [0.25, 0.3) is 5.52 Å². The van der Waals surface area contributed by atoms with Crippen molar-refractivity contribution in [3.8, 4) is 0 Å². The molecule has 0 bridgehead atoms. The topological polar surface area (TPSA) is 59.3 Å². The van der Waals surface area contributed by atoms with Gasteiger partial charge in [-0.25, -0.2) is 4.52 Å². The summed E-state index contributed by atoms with van der Waals surface area (Å²) < 4.78 is 1.65. The van der Waals surface area contributed by atoms with Crippen LogP contribution in [0.4, 0.5) is 0 Å². The average molecular weight is 246 g/mol. The van der Waals surface area contributed by atoms with E-state index >= 15 is 0 Å². The third kappa shape index (κ3) is 2.50. The number of nitrogens with zero attached hydrogens (tertiary/aromatic N) is 3. The summed E-state index contributed by atoms with van der Waals surface area (Å²) in [5.74, 6) is 0.457. The lowest BCUT2D eigenvalue weighted by atomic mass is 10.0. The maximum Gasteiger partial charge on any atom is 0.255 e. The number of carbonyl (C=O) groups is 1. The Kier molecular flexibility index (Phi) is 3.92. The summed E-state index contributed by atoms with van der Waals surface area (Å²) in [5, 5.41) is 7.08. The van der Waals surface area contributed by atoms with Crippen LogP contribution in [0.1, 0.15) is 37.0 Å². The monoisotopic (exact) mass is 246 g/mol. The van der Waals surface area contributed by atoms with E-state index in [4.69, 9.17) is 0 Å². The lowest BCUT2D eigenvalue weighted by Crippen LogP contribution is -2.28. The molecule has 0 spiro atoms. The lowest BCUT2D eigenvalue weighted by molar-refractivity contribution is 0.0948. The first-order valence-corrected chi connectivity index (χ1v) is 6.31. The molecule has 0 fully saturated rings. The highest BCUT2D eigenvalue weighted by Crippen LogP contribution is 2.10. The van der Waals surface area contributed by atoms with Crippen LogP contribution < -0.4 is 5.32 Å². The van der Waals surface area contributed by atoms with Gasteiger partial charge in [0, 0.05) is 18.9 Å². The van der Waals surface area contributed by atoms with Gasteiger partial charge >= 0.3 is 0 Å². The normalized spacial score (nSPS) is 11.1. The summed E-state index contributed by atoms with van der Waals surface area (Å²) in [7, 11) is 0. The van der Waals surface area contributed by atoms with Crippen molar-refractivity contribution in [2.24, 2.45) is 5.92 Å². The average Bonchev–Trinajstić information content (AvgIpc) is 2.83. The van der Waals surface area contributed by atoms with Gasteiger partial charge in [0.15, 0.2) is 0 Å². The third-order valence-corrected chi connectivity index (χ3v) is 3.28. The number of hydrogen-bond acceptors (Lipinski definition) is 3. The van der Waals surface area contributed by atoms with Gasteiger partial charge in [-0.2, -0.15) is 5.10 Å². The molecule has 0 aliphatic heterocycles. The largest absolute Gasteiger partial charge is 0.352 e. The lowest BCUT2D eigenvalue weighted by Gasteiger charge is -2.12. The summed E-state index contributed by atoms with van der Waals surface area (Å²) in [6.07, 6.45) is 8.76. The molecule has 18 heavy (non-hydrogen) atoms. The molecule has 0 radical (unpaired) electrons. The zero-order valence-corrected chi connectivity index (χ0v) is 10.8. The third-order valence-electron chi connectivity index (χ3n) is 3.28. The summed E-state index contributed by atoms with van der Waals surface area (Å²) >= 11 is 0. The smallest absolute Gasteiger partial charge is 0.255 e. The van der Waals surface area contributed by atoms with Crippen LogP contribution in [0, 0.1) is 5.92 Å². The molecule has 1 amide bonds. The molecule has 0 saturated heterocycles. The molecular weight excluding hydrogens is 228 g/mol. The number of nitrogens with one attached hydrogen (secondary N) is 1. The zero-order valence-electron chi connectivity index (χ0n) is 10.8. The first-order valence-electron chi connectivity index (χ1n) is 6.31. The van der Waals surface area contributed by atoms with Crippen molar-refractivity contribution in [1.29, 1.82) is 0 Å². The van der Waals surface area contributed by atoms with Crippen LogP contribution in [0.5, 0.6) is 0 Å². The van der Waals surface area contributed by atoms with Gasteiger partial charge in [-0.15, -0.1) is 0 Å².